The van der Waals surface area contributed by atoms with Crippen molar-refractivity contribution in [3.8, 4) is 0 Å². The van der Waals surface area contributed by atoms with Crippen LogP contribution in [-0.2, 0) is 6.42 Å². The highest BCUT2D eigenvalue weighted by molar-refractivity contribution is 5.46. The summed E-state index contributed by atoms with van der Waals surface area (Å²) in [5.74, 6) is 0. The van der Waals surface area contributed by atoms with Crippen LogP contribution in [-0.4, -0.2) is 12.7 Å². The van der Waals surface area contributed by atoms with Crippen LogP contribution in [0.3, 0.4) is 0 Å². The van der Waals surface area contributed by atoms with E-state index in [1.54, 1.807) is 18.2 Å². The van der Waals surface area contributed by atoms with Crippen LogP contribution in [0.1, 0.15) is 23.6 Å². The zero-order valence-electron chi connectivity index (χ0n) is 8.64. The molecule has 0 radical (unpaired) electrons. The monoisotopic (exact) mass is 230 g/mol. The zero-order valence-corrected chi connectivity index (χ0v) is 8.64. The Morgan fingerprint density at radius 1 is 1.38 bits per heavy atom. The van der Waals surface area contributed by atoms with Gasteiger partial charge in [-0.15, -0.1) is 0 Å². The lowest BCUT2D eigenvalue weighted by molar-refractivity contribution is -0.140. The minimum absolute atomic E-state index is 0.567. The number of rotatable bonds is 1. The van der Waals surface area contributed by atoms with Gasteiger partial charge in [-0.25, -0.2) is 0 Å². The van der Waals surface area contributed by atoms with Crippen LogP contribution in [0.25, 0.3) is 0 Å². The SMILES string of the molecule is Nc1ccc2c(c1)CCNC2CC(F)(F)F. The molecule has 1 unspecified atom stereocenters. The number of nitrogens with two attached hydrogens (primary N) is 1. The van der Waals surface area contributed by atoms with Gasteiger partial charge in [0.1, 0.15) is 0 Å². The van der Waals surface area contributed by atoms with Crippen molar-refractivity contribution in [2.45, 2.75) is 25.1 Å². The molecule has 1 aliphatic heterocycles. The lowest BCUT2D eigenvalue weighted by Gasteiger charge is -2.27. The van der Waals surface area contributed by atoms with Crippen LogP contribution in [0.4, 0.5) is 18.9 Å². The van der Waals surface area contributed by atoms with Gasteiger partial charge < -0.3 is 11.1 Å². The molecule has 1 aliphatic rings. The summed E-state index contributed by atoms with van der Waals surface area (Å²) in [4.78, 5) is 0. The third-order valence-corrected chi connectivity index (χ3v) is 2.76. The molecule has 0 saturated heterocycles. The first-order valence-electron chi connectivity index (χ1n) is 5.14. The first-order chi connectivity index (χ1) is 7.46. The van der Waals surface area contributed by atoms with Gasteiger partial charge in [0.2, 0.25) is 0 Å². The van der Waals surface area contributed by atoms with E-state index < -0.39 is 18.6 Å². The van der Waals surface area contributed by atoms with Gasteiger partial charge in [0, 0.05) is 11.7 Å². The number of nitrogens with one attached hydrogen (secondary N) is 1. The van der Waals surface area contributed by atoms with E-state index in [1.807, 2.05) is 0 Å². The molecule has 2 rings (SSSR count). The number of fused-ring (bicyclic) bond motifs is 1. The van der Waals surface area contributed by atoms with Crippen molar-refractivity contribution < 1.29 is 13.2 Å². The maximum atomic E-state index is 12.3. The van der Waals surface area contributed by atoms with Crippen LogP contribution < -0.4 is 11.1 Å². The van der Waals surface area contributed by atoms with Gasteiger partial charge in [0.25, 0.3) is 0 Å². The van der Waals surface area contributed by atoms with E-state index in [1.165, 1.54) is 0 Å². The van der Waals surface area contributed by atoms with Gasteiger partial charge >= 0.3 is 6.18 Å². The van der Waals surface area contributed by atoms with Crippen molar-refractivity contribution in [3.05, 3.63) is 29.3 Å². The summed E-state index contributed by atoms with van der Waals surface area (Å²) in [6.07, 6.45) is -4.24. The highest BCUT2D eigenvalue weighted by Gasteiger charge is 2.34. The minimum atomic E-state index is -4.15. The van der Waals surface area contributed by atoms with Crippen molar-refractivity contribution in [1.82, 2.24) is 5.32 Å². The van der Waals surface area contributed by atoms with E-state index in [0.29, 0.717) is 12.2 Å². The Hall–Kier alpha value is -1.23. The molecule has 16 heavy (non-hydrogen) atoms. The Kier molecular flexibility index (Phi) is 2.80. The fourth-order valence-electron chi connectivity index (χ4n) is 2.09. The quantitative estimate of drug-likeness (QED) is 0.727. The second kappa shape index (κ2) is 3.97. The molecule has 0 spiro atoms. The Bertz CT molecular complexity index is 387. The van der Waals surface area contributed by atoms with E-state index in [0.717, 1.165) is 17.5 Å². The van der Waals surface area contributed by atoms with Gasteiger partial charge in [-0.05, 0) is 36.2 Å². The molecule has 0 fully saturated rings. The molecule has 0 bridgehead atoms. The van der Waals surface area contributed by atoms with Gasteiger partial charge in [-0.3, -0.25) is 0 Å². The largest absolute Gasteiger partial charge is 0.399 e. The molecule has 1 heterocycles. The number of halogens is 3. The number of nitrogen functional groups attached to an aromatic ring is 1. The fraction of sp³-hybridized carbons (Fsp3) is 0.455. The third kappa shape index (κ3) is 2.47. The summed E-state index contributed by atoms with van der Waals surface area (Å²) in [7, 11) is 0. The van der Waals surface area contributed by atoms with Crippen LogP contribution in [0.5, 0.6) is 0 Å². The highest BCUT2D eigenvalue weighted by atomic mass is 19.4. The minimum Gasteiger partial charge on any atom is -0.399 e. The second-order valence-corrected chi connectivity index (χ2v) is 4.03. The van der Waals surface area contributed by atoms with E-state index in [2.05, 4.69) is 5.32 Å². The van der Waals surface area contributed by atoms with Gasteiger partial charge in [0.15, 0.2) is 0 Å². The summed E-state index contributed by atoms with van der Waals surface area (Å²) in [5, 5.41) is 2.89. The molecule has 1 aromatic carbocycles. The van der Waals surface area contributed by atoms with Gasteiger partial charge in [0.05, 0.1) is 6.42 Å². The smallest absolute Gasteiger partial charge is 0.390 e. The lowest BCUT2D eigenvalue weighted by Crippen LogP contribution is -2.33. The second-order valence-electron chi connectivity index (χ2n) is 4.03. The van der Waals surface area contributed by atoms with Crippen LogP contribution in [0, 0.1) is 0 Å². The van der Waals surface area contributed by atoms with E-state index >= 15 is 0 Å². The highest BCUT2D eigenvalue weighted by Crippen LogP contribution is 2.33. The van der Waals surface area contributed by atoms with Gasteiger partial charge in [-0.2, -0.15) is 13.2 Å². The topological polar surface area (TPSA) is 38.0 Å². The zero-order chi connectivity index (χ0) is 11.8. The van der Waals surface area contributed by atoms with Gasteiger partial charge in [-0.1, -0.05) is 6.07 Å². The first-order valence-corrected chi connectivity index (χ1v) is 5.14. The molecular weight excluding hydrogens is 217 g/mol. The number of alkyl halides is 3. The summed E-state index contributed by atoms with van der Waals surface area (Å²) in [6, 6.07) is 4.46. The molecule has 1 aromatic rings. The van der Waals surface area contributed by atoms with Crippen molar-refractivity contribution in [2.24, 2.45) is 0 Å². The molecular formula is C11H13F3N2. The number of anilines is 1. The van der Waals surface area contributed by atoms with E-state index in [4.69, 9.17) is 5.73 Å². The van der Waals surface area contributed by atoms with E-state index in [-0.39, 0.29) is 0 Å². The van der Waals surface area contributed by atoms with Crippen LogP contribution in [0.2, 0.25) is 0 Å². The Balaban J connectivity index is 2.26. The molecule has 1 atom stereocenters. The molecule has 2 nitrogen and oxygen atoms in total. The molecule has 3 N–H and O–H groups in total. The van der Waals surface area contributed by atoms with Crippen LogP contribution in [0.15, 0.2) is 18.2 Å². The molecule has 0 aromatic heterocycles. The molecule has 0 saturated carbocycles. The average molecular weight is 230 g/mol. The van der Waals surface area contributed by atoms with Crippen molar-refractivity contribution in [1.29, 1.82) is 0 Å². The Morgan fingerprint density at radius 2 is 2.12 bits per heavy atom. The molecule has 5 heteroatoms. The summed E-state index contributed by atoms with van der Waals surface area (Å²) < 4.78 is 37.0. The predicted molar refractivity (Wildman–Crippen MR) is 56.0 cm³/mol. The molecule has 0 aliphatic carbocycles. The predicted octanol–water partition coefficient (Wildman–Crippen LogP) is 2.41. The molecule has 0 amide bonds. The fourth-order valence-corrected chi connectivity index (χ4v) is 2.09. The summed E-state index contributed by atoms with van der Waals surface area (Å²) in [6.45, 7) is 0.567. The number of benzene rings is 1. The first kappa shape index (κ1) is 11.3. The Labute approximate surface area is 91.6 Å². The van der Waals surface area contributed by atoms with Crippen molar-refractivity contribution in [3.63, 3.8) is 0 Å². The summed E-state index contributed by atoms with van der Waals surface area (Å²) >= 11 is 0. The number of hydrogen-bond acceptors (Lipinski definition) is 2. The number of hydrogen-bond donors (Lipinski definition) is 2. The lowest BCUT2D eigenvalue weighted by atomic mass is 9.92. The average Bonchev–Trinajstić information content (AvgIpc) is 2.15. The van der Waals surface area contributed by atoms with Crippen molar-refractivity contribution in [2.75, 3.05) is 12.3 Å². The normalized spacial score (nSPS) is 20.6. The Morgan fingerprint density at radius 3 is 2.81 bits per heavy atom. The third-order valence-electron chi connectivity index (χ3n) is 2.76. The van der Waals surface area contributed by atoms with E-state index in [9.17, 15) is 13.2 Å². The molecule has 88 valence electrons. The standard InChI is InChI=1S/C11H13F3N2/c12-11(13,14)6-10-9-2-1-8(15)5-7(9)3-4-16-10/h1-2,5,10,16H,3-4,6,15H2. The summed E-state index contributed by atoms with van der Waals surface area (Å²) in [5.41, 5.74) is 7.86. The van der Waals surface area contributed by atoms with Crippen molar-refractivity contribution >= 4 is 5.69 Å². The maximum absolute atomic E-state index is 12.3. The maximum Gasteiger partial charge on any atom is 0.390 e. The van der Waals surface area contributed by atoms with Crippen LogP contribution >= 0.6 is 0 Å².